The van der Waals surface area contributed by atoms with Gasteiger partial charge in [0.2, 0.25) is 5.91 Å². The minimum atomic E-state index is -0.800. The summed E-state index contributed by atoms with van der Waals surface area (Å²) in [5.41, 5.74) is 4.40. The summed E-state index contributed by atoms with van der Waals surface area (Å²) < 4.78 is 0. The van der Waals surface area contributed by atoms with E-state index in [1.165, 1.54) is 39.2 Å². The van der Waals surface area contributed by atoms with Gasteiger partial charge in [0.15, 0.2) is 0 Å². The molecule has 3 amide bonds. The smallest absolute Gasteiger partial charge is 0.282 e. The van der Waals surface area contributed by atoms with Gasteiger partial charge in [0.1, 0.15) is 5.56 Å². The van der Waals surface area contributed by atoms with E-state index in [0.29, 0.717) is 0 Å². The quantitative estimate of drug-likeness (QED) is 0.604. The summed E-state index contributed by atoms with van der Waals surface area (Å²) in [5.74, 6) is -1.96. The molecule has 0 heterocycles. The lowest BCUT2D eigenvalue weighted by atomic mass is 9.94. The Morgan fingerprint density at radius 3 is 2.00 bits per heavy atom. The van der Waals surface area contributed by atoms with Gasteiger partial charge in [0.05, 0.1) is 11.3 Å². The van der Waals surface area contributed by atoms with Gasteiger partial charge in [0.25, 0.3) is 17.5 Å². The molecule has 0 atom stereocenters. The fourth-order valence-corrected chi connectivity index (χ4v) is 2.05. The topological polar surface area (TPSA) is 127 Å². The molecule has 23 heavy (non-hydrogen) atoms. The van der Waals surface area contributed by atoms with E-state index >= 15 is 0 Å². The summed E-state index contributed by atoms with van der Waals surface area (Å²) in [4.78, 5) is 48.8. The lowest BCUT2D eigenvalue weighted by molar-refractivity contribution is -0.385. The number of rotatable bonds is 5. The average molecular weight is 322 g/mol. The van der Waals surface area contributed by atoms with Gasteiger partial charge in [-0.3, -0.25) is 24.5 Å². The summed E-state index contributed by atoms with van der Waals surface area (Å²) >= 11 is 0. The average Bonchev–Trinajstić information content (AvgIpc) is 2.44. The van der Waals surface area contributed by atoms with E-state index in [1.807, 2.05) is 0 Å². The molecule has 9 nitrogen and oxygen atoms in total. The molecule has 2 N–H and O–H groups in total. The molecule has 0 fully saturated rings. The number of nitro groups is 1. The SMILES string of the molecule is CN(C)C(=O)c1ccc([N+](=O)[O-])c(C(=O)N(C)C)c1CC(N)=O. The number of hydrogen-bond acceptors (Lipinski definition) is 5. The Kier molecular flexibility index (Phi) is 5.39. The van der Waals surface area contributed by atoms with E-state index in [1.54, 1.807) is 0 Å². The van der Waals surface area contributed by atoms with Gasteiger partial charge >= 0.3 is 0 Å². The number of amides is 3. The summed E-state index contributed by atoms with van der Waals surface area (Å²) in [6.45, 7) is 0. The van der Waals surface area contributed by atoms with Crippen molar-refractivity contribution in [2.45, 2.75) is 6.42 Å². The zero-order chi connectivity index (χ0) is 17.9. The van der Waals surface area contributed by atoms with Gasteiger partial charge < -0.3 is 15.5 Å². The first-order chi connectivity index (χ1) is 10.6. The fraction of sp³-hybridized carbons (Fsp3) is 0.357. The van der Waals surface area contributed by atoms with Crippen LogP contribution in [0, 0.1) is 10.1 Å². The Balaban J connectivity index is 3.79. The van der Waals surface area contributed by atoms with E-state index in [4.69, 9.17) is 5.73 Å². The van der Waals surface area contributed by atoms with Crippen LogP contribution < -0.4 is 5.73 Å². The van der Waals surface area contributed by atoms with Crippen LogP contribution in [0.25, 0.3) is 0 Å². The van der Waals surface area contributed by atoms with Gasteiger partial charge in [-0.1, -0.05) is 0 Å². The maximum absolute atomic E-state index is 12.4. The van der Waals surface area contributed by atoms with Crippen molar-refractivity contribution < 1.29 is 19.3 Å². The molecular weight excluding hydrogens is 304 g/mol. The van der Waals surface area contributed by atoms with E-state index in [-0.39, 0.29) is 16.7 Å². The first-order valence-electron chi connectivity index (χ1n) is 6.59. The Morgan fingerprint density at radius 1 is 1.09 bits per heavy atom. The third-order valence-electron chi connectivity index (χ3n) is 3.10. The van der Waals surface area contributed by atoms with Crippen molar-refractivity contribution in [3.8, 4) is 0 Å². The fourth-order valence-electron chi connectivity index (χ4n) is 2.05. The van der Waals surface area contributed by atoms with Crippen LogP contribution in [-0.2, 0) is 11.2 Å². The minimum Gasteiger partial charge on any atom is -0.369 e. The first kappa shape index (κ1) is 18.1. The number of primary amides is 1. The zero-order valence-electron chi connectivity index (χ0n) is 13.3. The van der Waals surface area contributed by atoms with Crippen molar-refractivity contribution in [2.24, 2.45) is 5.73 Å². The monoisotopic (exact) mass is 322 g/mol. The van der Waals surface area contributed by atoms with Gasteiger partial charge in [-0.05, 0) is 11.6 Å². The highest BCUT2D eigenvalue weighted by atomic mass is 16.6. The van der Waals surface area contributed by atoms with Gasteiger partial charge in [-0.25, -0.2) is 0 Å². The Bertz CT molecular complexity index is 682. The molecule has 0 bridgehead atoms. The van der Waals surface area contributed by atoms with Crippen LogP contribution in [0.5, 0.6) is 0 Å². The number of nitro benzene ring substituents is 1. The second kappa shape index (κ2) is 6.86. The number of benzene rings is 1. The molecule has 0 spiro atoms. The molecule has 1 aromatic rings. The van der Waals surface area contributed by atoms with Gasteiger partial charge in [0, 0.05) is 39.8 Å². The first-order valence-corrected chi connectivity index (χ1v) is 6.59. The zero-order valence-corrected chi connectivity index (χ0v) is 13.3. The van der Waals surface area contributed by atoms with Crippen LogP contribution in [0.4, 0.5) is 5.69 Å². The number of nitrogens with zero attached hydrogens (tertiary/aromatic N) is 3. The molecule has 0 aliphatic rings. The number of carbonyl (C=O) groups is 3. The van der Waals surface area contributed by atoms with E-state index < -0.39 is 34.8 Å². The van der Waals surface area contributed by atoms with Gasteiger partial charge in [-0.15, -0.1) is 0 Å². The second-order valence-corrected chi connectivity index (χ2v) is 5.29. The molecule has 0 aromatic heterocycles. The van der Waals surface area contributed by atoms with Crippen LogP contribution in [0.15, 0.2) is 12.1 Å². The molecule has 9 heteroatoms. The minimum absolute atomic E-state index is 0.0320. The predicted octanol–water partition coefficient (Wildman–Crippen LogP) is 0.0262. The van der Waals surface area contributed by atoms with Crippen molar-refractivity contribution in [1.29, 1.82) is 0 Å². The largest absolute Gasteiger partial charge is 0.369 e. The van der Waals surface area contributed by atoms with Crippen LogP contribution in [0.3, 0.4) is 0 Å². The van der Waals surface area contributed by atoms with Crippen LogP contribution in [-0.4, -0.2) is 60.6 Å². The van der Waals surface area contributed by atoms with E-state index in [9.17, 15) is 24.5 Å². The van der Waals surface area contributed by atoms with Crippen LogP contribution in [0.2, 0.25) is 0 Å². The van der Waals surface area contributed by atoms with Crippen molar-refractivity contribution >= 4 is 23.4 Å². The Morgan fingerprint density at radius 2 is 1.61 bits per heavy atom. The highest BCUT2D eigenvalue weighted by Gasteiger charge is 2.30. The van der Waals surface area contributed by atoms with E-state index in [0.717, 1.165) is 11.0 Å². The van der Waals surface area contributed by atoms with Crippen LogP contribution in [0.1, 0.15) is 26.3 Å². The number of nitrogens with two attached hydrogens (primary N) is 1. The van der Waals surface area contributed by atoms with Gasteiger partial charge in [-0.2, -0.15) is 0 Å². The summed E-state index contributed by atoms with van der Waals surface area (Å²) in [7, 11) is 5.82. The van der Waals surface area contributed by atoms with Crippen molar-refractivity contribution in [2.75, 3.05) is 28.2 Å². The summed E-state index contributed by atoms with van der Waals surface area (Å²) in [5, 5.41) is 11.2. The molecule has 0 saturated heterocycles. The molecule has 1 aromatic carbocycles. The standard InChI is InChI=1S/C14H18N4O5/c1-16(2)13(20)8-5-6-10(18(22)23)12(14(21)17(3)4)9(8)7-11(15)19/h5-6H,7H2,1-4H3,(H2,15,19). The highest BCUT2D eigenvalue weighted by Crippen LogP contribution is 2.28. The lowest BCUT2D eigenvalue weighted by Gasteiger charge is -2.18. The molecule has 0 aliphatic carbocycles. The molecule has 0 aliphatic heterocycles. The second-order valence-electron chi connectivity index (χ2n) is 5.29. The normalized spacial score (nSPS) is 10.1. The Labute approximate surface area is 132 Å². The molecule has 1 rings (SSSR count). The van der Waals surface area contributed by atoms with Crippen molar-refractivity contribution in [3.63, 3.8) is 0 Å². The third kappa shape index (κ3) is 3.82. The predicted molar refractivity (Wildman–Crippen MR) is 82.0 cm³/mol. The number of carbonyl (C=O) groups excluding carboxylic acids is 3. The third-order valence-corrected chi connectivity index (χ3v) is 3.10. The molecule has 0 saturated carbocycles. The molecule has 124 valence electrons. The lowest BCUT2D eigenvalue weighted by Crippen LogP contribution is -2.29. The summed E-state index contributed by atoms with van der Waals surface area (Å²) in [6.07, 6.45) is -0.453. The molecule has 0 radical (unpaired) electrons. The highest BCUT2D eigenvalue weighted by molar-refractivity contribution is 6.06. The van der Waals surface area contributed by atoms with Crippen molar-refractivity contribution in [1.82, 2.24) is 9.80 Å². The molecule has 0 unspecified atom stereocenters. The van der Waals surface area contributed by atoms with Crippen molar-refractivity contribution in [3.05, 3.63) is 38.9 Å². The Hall–Kier alpha value is -2.97. The maximum Gasteiger partial charge on any atom is 0.282 e. The van der Waals surface area contributed by atoms with E-state index in [2.05, 4.69) is 0 Å². The molecular formula is C14H18N4O5. The summed E-state index contributed by atoms with van der Waals surface area (Å²) in [6, 6.07) is 2.31. The van der Waals surface area contributed by atoms with Crippen LogP contribution >= 0.6 is 0 Å². The number of hydrogen-bond donors (Lipinski definition) is 1. The maximum atomic E-state index is 12.4.